The number of carbonyl (C=O) groups excluding carboxylic acids is 1. The number of aliphatic hydroxyl groups is 2. The Balaban J connectivity index is 1.61. The Hall–Kier alpha value is -2.61. The highest BCUT2D eigenvalue weighted by atomic mass is 32.2. The molecule has 208 valence electrons. The molecule has 1 saturated heterocycles. The number of hydrogen-bond acceptors (Lipinski definition) is 10. The highest BCUT2D eigenvalue weighted by Crippen LogP contribution is 2.54. The number of anilines is 4. The van der Waals surface area contributed by atoms with Gasteiger partial charge < -0.3 is 25.7 Å². The number of pyridine rings is 2. The summed E-state index contributed by atoms with van der Waals surface area (Å²) in [7, 11) is -3.77. The van der Waals surface area contributed by atoms with E-state index in [0.717, 1.165) is 30.8 Å². The zero-order valence-electron chi connectivity index (χ0n) is 22.0. The van der Waals surface area contributed by atoms with Gasteiger partial charge in [-0.05, 0) is 63.3 Å². The topological polar surface area (TPSA) is 157 Å². The van der Waals surface area contributed by atoms with Gasteiger partial charge in [0.05, 0.1) is 35.8 Å². The van der Waals surface area contributed by atoms with Crippen molar-refractivity contribution in [1.82, 2.24) is 9.97 Å². The third-order valence-corrected chi connectivity index (χ3v) is 9.05. The van der Waals surface area contributed by atoms with Gasteiger partial charge in [0.15, 0.2) is 0 Å². The van der Waals surface area contributed by atoms with Crippen LogP contribution in [0.5, 0.6) is 0 Å². The number of nitrogens with zero attached hydrogens (tertiary/aromatic N) is 3. The lowest BCUT2D eigenvalue weighted by Crippen LogP contribution is -2.36. The standard InChI is InChI=1S/C25H36N6O5S2/c1-24(2,16-33)29-22-19(37-3)4-5-20(27-22)28-23(34)17-15-26-21(30-38(35,36)13-12-32)14-18(17)31-10-8-25(6-7-25)9-11-31/h4-5,14-15,32-33H,6-13,16H2,1-3H3,(H,26,30)(H2,27,28,29,34). The van der Waals surface area contributed by atoms with E-state index in [1.807, 2.05) is 26.2 Å². The maximum Gasteiger partial charge on any atom is 0.260 e. The molecule has 3 heterocycles. The summed E-state index contributed by atoms with van der Waals surface area (Å²) >= 11 is 1.50. The summed E-state index contributed by atoms with van der Waals surface area (Å²) in [5, 5.41) is 24.8. The normalized spacial score (nSPS) is 16.8. The van der Waals surface area contributed by atoms with Gasteiger partial charge >= 0.3 is 0 Å². The van der Waals surface area contributed by atoms with Crippen molar-refractivity contribution >= 4 is 50.8 Å². The van der Waals surface area contributed by atoms with Crippen LogP contribution in [-0.2, 0) is 10.0 Å². The van der Waals surface area contributed by atoms with E-state index in [9.17, 15) is 18.3 Å². The molecule has 0 radical (unpaired) electrons. The van der Waals surface area contributed by atoms with Crippen molar-refractivity contribution in [3.8, 4) is 0 Å². The van der Waals surface area contributed by atoms with Crippen LogP contribution in [0.1, 0.15) is 49.9 Å². The molecule has 2 aliphatic rings. The number of rotatable bonds is 11. The molecule has 4 rings (SSSR count). The van der Waals surface area contributed by atoms with E-state index in [0.29, 0.717) is 28.3 Å². The molecule has 13 heteroatoms. The number of aromatic nitrogens is 2. The van der Waals surface area contributed by atoms with E-state index in [1.54, 1.807) is 12.1 Å². The predicted molar refractivity (Wildman–Crippen MR) is 151 cm³/mol. The molecule has 0 unspecified atom stereocenters. The summed E-state index contributed by atoms with van der Waals surface area (Å²) in [6.45, 7) is 4.62. The first-order valence-corrected chi connectivity index (χ1v) is 15.5. The Kier molecular flexibility index (Phi) is 8.40. The number of carbonyl (C=O) groups is 1. The molecule has 1 aliphatic heterocycles. The van der Waals surface area contributed by atoms with Gasteiger partial charge in [-0.2, -0.15) is 0 Å². The summed E-state index contributed by atoms with van der Waals surface area (Å²) in [5.41, 5.74) is 0.716. The van der Waals surface area contributed by atoms with Crippen LogP contribution in [0.25, 0.3) is 0 Å². The Labute approximate surface area is 227 Å². The van der Waals surface area contributed by atoms with E-state index in [1.165, 1.54) is 30.8 Å². The minimum absolute atomic E-state index is 0.0943. The van der Waals surface area contributed by atoms with Crippen molar-refractivity contribution in [3.63, 3.8) is 0 Å². The monoisotopic (exact) mass is 564 g/mol. The first-order chi connectivity index (χ1) is 18.0. The number of thioether (sulfide) groups is 1. The van der Waals surface area contributed by atoms with Gasteiger partial charge in [-0.3, -0.25) is 9.52 Å². The zero-order valence-corrected chi connectivity index (χ0v) is 23.6. The molecule has 1 aliphatic carbocycles. The summed E-state index contributed by atoms with van der Waals surface area (Å²) in [6.07, 6.45) is 7.80. The quantitative estimate of drug-likeness (QED) is 0.257. The van der Waals surface area contributed by atoms with Crippen LogP contribution < -0.4 is 20.3 Å². The molecule has 38 heavy (non-hydrogen) atoms. The third kappa shape index (κ3) is 6.87. The fraction of sp³-hybridized carbons (Fsp3) is 0.560. The van der Waals surface area contributed by atoms with Gasteiger partial charge in [-0.1, -0.05) is 0 Å². The molecular weight excluding hydrogens is 528 g/mol. The van der Waals surface area contributed by atoms with Crippen LogP contribution in [-0.4, -0.2) is 78.4 Å². The second-order valence-corrected chi connectivity index (χ2v) is 13.3. The highest BCUT2D eigenvalue weighted by molar-refractivity contribution is 7.98. The maximum atomic E-state index is 13.5. The Morgan fingerprint density at radius 3 is 2.47 bits per heavy atom. The van der Waals surface area contributed by atoms with Gasteiger partial charge in [-0.25, -0.2) is 18.4 Å². The van der Waals surface area contributed by atoms with Crippen molar-refractivity contribution in [1.29, 1.82) is 0 Å². The minimum atomic E-state index is -3.77. The molecule has 1 amide bonds. The number of nitrogens with one attached hydrogen (secondary N) is 3. The molecule has 0 bridgehead atoms. The van der Waals surface area contributed by atoms with Gasteiger partial charge in [-0.15, -0.1) is 11.8 Å². The Bertz CT molecular complexity index is 1270. The summed E-state index contributed by atoms with van der Waals surface area (Å²) in [5.74, 6) is 0.114. The van der Waals surface area contributed by atoms with Crippen molar-refractivity contribution < 1.29 is 23.4 Å². The average Bonchev–Trinajstić information content (AvgIpc) is 3.62. The van der Waals surface area contributed by atoms with E-state index in [2.05, 4.69) is 30.2 Å². The van der Waals surface area contributed by atoms with E-state index in [4.69, 9.17) is 5.11 Å². The number of amides is 1. The van der Waals surface area contributed by atoms with Crippen LogP contribution in [0.3, 0.4) is 0 Å². The maximum absolute atomic E-state index is 13.5. The summed E-state index contributed by atoms with van der Waals surface area (Å²) in [6, 6.07) is 5.14. The van der Waals surface area contributed by atoms with E-state index >= 15 is 0 Å². The summed E-state index contributed by atoms with van der Waals surface area (Å²) in [4.78, 5) is 25.2. The smallest absolute Gasteiger partial charge is 0.260 e. The minimum Gasteiger partial charge on any atom is -0.395 e. The summed E-state index contributed by atoms with van der Waals surface area (Å²) < 4.78 is 26.8. The fourth-order valence-corrected chi connectivity index (χ4v) is 5.75. The molecule has 0 atom stereocenters. The molecule has 0 aromatic carbocycles. The molecule has 11 nitrogen and oxygen atoms in total. The first kappa shape index (κ1) is 28.4. The van der Waals surface area contributed by atoms with Crippen molar-refractivity contribution in [2.24, 2.45) is 5.41 Å². The number of sulfonamides is 1. The van der Waals surface area contributed by atoms with Crippen molar-refractivity contribution in [2.45, 2.75) is 50.0 Å². The van der Waals surface area contributed by atoms with E-state index in [-0.39, 0.29) is 12.4 Å². The lowest BCUT2D eigenvalue weighted by atomic mass is 9.93. The number of aliphatic hydroxyl groups excluding tert-OH is 2. The molecule has 1 saturated carbocycles. The van der Waals surface area contributed by atoms with Gasteiger partial charge in [0.25, 0.3) is 5.91 Å². The average molecular weight is 565 g/mol. The number of hydrogen-bond donors (Lipinski definition) is 5. The van der Waals surface area contributed by atoms with Gasteiger partial charge in [0.2, 0.25) is 10.0 Å². The molecule has 5 N–H and O–H groups in total. The van der Waals surface area contributed by atoms with E-state index < -0.39 is 33.8 Å². The fourth-order valence-electron chi connectivity index (χ4n) is 4.48. The number of piperidine rings is 1. The van der Waals surface area contributed by atoms with Crippen LogP contribution >= 0.6 is 11.8 Å². The molecule has 2 aromatic rings. The zero-order chi connectivity index (χ0) is 27.6. The van der Waals surface area contributed by atoms with Crippen molar-refractivity contribution in [3.05, 3.63) is 30.0 Å². The Morgan fingerprint density at radius 1 is 1.16 bits per heavy atom. The molecule has 2 aromatic heterocycles. The van der Waals surface area contributed by atoms with Gasteiger partial charge in [0, 0.05) is 30.2 Å². The molecule has 1 spiro atoms. The van der Waals surface area contributed by atoms with Crippen molar-refractivity contribution in [2.75, 3.05) is 58.6 Å². The highest BCUT2D eigenvalue weighted by Gasteiger charge is 2.44. The van der Waals surface area contributed by atoms with Crippen LogP contribution in [0.4, 0.5) is 23.1 Å². The largest absolute Gasteiger partial charge is 0.395 e. The first-order valence-electron chi connectivity index (χ1n) is 12.6. The van der Waals surface area contributed by atoms with Gasteiger partial charge in [0.1, 0.15) is 17.5 Å². The van der Waals surface area contributed by atoms with Crippen LogP contribution in [0.15, 0.2) is 29.3 Å². The van der Waals surface area contributed by atoms with Crippen LogP contribution in [0, 0.1) is 5.41 Å². The Morgan fingerprint density at radius 2 is 1.87 bits per heavy atom. The molecule has 2 fully saturated rings. The third-order valence-electron chi connectivity index (χ3n) is 7.04. The lowest BCUT2D eigenvalue weighted by Gasteiger charge is -2.35. The second kappa shape index (κ2) is 11.2. The SMILES string of the molecule is CSc1ccc(NC(=O)c2cnc(NS(=O)(=O)CCO)cc2N2CCC3(CC2)CC3)nc1NC(C)(C)CO. The predicted octanol–water partition coefficient (Wildman–Crippen LogP) is 2.75. The lowest BCUT2D eigenvalue weighted by molar-refractivity contribution is 0.102. The molecular formula is C25H36N6O5S2. The van der Waals surface area contributed by atoms with Crippen LogP contribution in [0.2, 0.25) is 0 Å². The second-order valence-electron chi connectivity index (χ2n) is 10.6.